The number of halogens is 1. The quantitative estimate of drug-likeness (QED) is 0.646. The van der Waals surface area contributed by atoms with Crippen LogP contribution < -0.4 is 4.74 Å². The van der Waals surface area contributed by atoms with E-state index in [-0.39, 0.29) is 17.3 Å². The predicted octanol–water partition coefficient (Wildman–Crippen LogP) is 3.18. The Morgan fingerprint density at radius 2 is 1.95 bits per heavy atom. The van der Waals surface area contributed by atoms with Gasteiger partial charge in [0.15, 0.2) is 17.3 Å². The van der Waals surface area contributed by atoms with Crippen molar-refractivity contribution in [1.82, 2.24) is 0 Å². The lowest BCUT2D eigenvalue weighted by molar-refractivity contribution is -0.129. The van der Waals surface area contributed by atoms with Crippen LogP contribution in [0.2, 0.25) is 0 Å². The van der Waals surface area contributed by atoms with Crippen molar-refractivity contribution in [2.45, 2.75) is 0 Å². The SMILES string of the molecule is COc1ccc(C=C2N=C(c3ccccc3)OC2=O)cc1F. The molecule has 1 heterocycles. The monoisotopic (exact) mass is 297 g/mol. The van der Waals surface area contributed by atoms with Gasteiger partial charge in [0.1, 0.15) is 0 Å². The minimum Gasteiger partial charge on any atom is -0.494 e. The van der Waals surface area contributed by atoms with Gasteiger partial charge in [-0.3, -0.25) is 0 Å². The molecule has 0 fully saturated rings. The van der Waals surface area contributed by atoms with Crippen LogP contribution in [-0.2, 0) is 9.53 Å². The average molecular weight is 297 g/mol. The van der Waals surface area contributed by atoms with Crippen LogP contribution in [0.3, 0.4) is 0 Å². The molecule has 0 N–H and O–H groups in total. The number of ether oxygens (including phenoxy) is 2. The summed E-state index contributed by atoms with van der Waals surface area (Å²) < 4.78 is 23.6. The molecule has 1 aliphatic heterocycles. The molecule has 0 saturated carbocycles. The number of carbonyl (C=O) groups is 1. The highest BCUT2D eigenvalue weighted by atomic mass is 19.1. The first-order valence-electron chi connectivity index (χ1n) is 6.59. The second-order valence-corrected chi connectivity index (χ2v) is 4.60. The van der Waals surface area contributed by atoms with Gasteiger partial charge in [-0.25, -0.2) is 14.2 Å². The molecule has 2 aromatic rings. The second kappa shape index (κ2) is 5.81. The third kappa shape index (κ3) is 2.74. The van der Waals surface area contributed by atoms with E-state index < -0.39 is 11.8 Å². The van der Waals surface area contributed by atoms with Gasteiger partial charge in [-0.15, -0.1) is 0 Å². The van der Waals surface area contributed by atoms with Gasteiger partial charge in [0.25, 0.3) is 0 Å². The van der Waals surface area contributed by atoms with Crippen molar-refractivity contribution in [3.8, 4) is 5.75 Å². The number of methoxy groups -OCH3 is 1. The number of benzene rings is 2. The van der Waals surface area contributed by atoms with E-state index in [1.54, 1.807) is 18.2 Å². The molecule has 0 aliphatic carbocycles. The third-order valence-electron chi connectivity index (χ3n) is 3.12. The van der Waals surface area contributed by atoms with Crippen LogP contribution in [0, 0.1) is 5.82 Å². The van der Waals surface area contributed by atoms with Crippen LogP contribution in [0.5, 0.6) is 5.75 Å². The van der Waals surface area contributed by atoms with Gasteiger partial charge in [-0.05, 0) is 35.9 Å². The Labute approximate surface area is 126 Å². The Kier molecular flexibility index (Phi) is 3.70. The van der Waals surface area contributed by atoms with E-state index in [2.05, 4.69) is 4.99 Å². The van der Waals surface area contributed by atoms with Crippen molar-refractivity contribution < 1.29 is 18.7 Å². The maximum absolute atomic E-state index is 13.7. The summed E-state index contributed by atoms with van der Waals surface area (Å²) in [5, 5.41) is 0. The summed E-state index contributed by atoms with van der Waals surface area (Å²) in [5.74, 6) is -0.680. The van der Waals surface area contributed by atoms with Crippen molar-refractivity contribution in [1.29, 1.82) is 0 Å². The van der Waals surface area contributed by atoms with Gasteiger partial charge in [0.2, 0.25) is 5.90 Å². The van der Waals surface area contributed by atoms with Crippen molar-refractivity contribution in [3.63, 3.8) is 0 Å². The van der Waals surface area contributed by atoms with Crippen LogP contribution in [0.1, 0.15) is 11.1 Å². The number of rotatable bonds is 3. The highest BCUT2D eigenvalue weighted by molar-refractivity contribution is 6.12. The molecule has 0 amide bonds. The Balaban J connectivity index is 1.92. The summed E-state index contributed by atoms with van der Waals surface area (Å²) in [6, 6.07) is 13.5. The molecule has 0 radical (unpaired) electrons. The molecule has 0 aromatic heterocycles. The van der Waals surface area contributed by atoms with Crippen molar-refractivity contribution in [2.24, 2.45) is 4.99 Å². The highest BCUT2D eigenvalue weighted by Gasteiger charge is 2.23. The molecular weight excluding hydrogens is 285 g/mol. The van der Waals surface area contributed by atoms with E-state index in [1.807, 2.05) is 18.2 Å². The van der Waals surface area contributed by atoms with Gasteiger partial charge >= 0.3 is 5.97 Å². The minimum atomic E-state index is -0.560. The lowest BCUT2D eigenvalue weighted by Gasteiger charge is -2.01. The van der Waals surface area contributed by atoms with Gasteiger partial charge < -0.3 is 9.47 Å². The molecule has 1 aliphatic rings. The summed E-state index contributed by atoms with van der Waals surface area (Å²) in [6.45, 7) is 0. The van der Waals surface area contributed by atoms with Crippen LogP contribution in [-0.4, -0.2) is 19.0 Å². The summed E-state index contributed by atoms with van der Waals surface area (Å²) in [4.78, 5) is 16.0. The smallest absolute Gasteiger partial charge is 0.363 e. The lowest BCUT2D eigenvalue weighted by Crippen LogP contribution is -2.04. The van der Waals surface area contributed by atoms with Crippen LogP contribution in [0.4, 0.5) is 4.39 Å². The van der Waals surface area contributed by atoms with Crippen LogP contribution in [0.15, 0.2) is 59.2 Å². The van der Waals surface area contributed by atoms with E-state index in [0.717, 1.165) is 0 Å². The van der Waals surface area contributed by atoms with Gasteiger partial charge in [-0.2, -0.15) is 0 Å². The van der Waals surface area contributed by atoms with E-state index >= 15 is 0 Å². The van der Waals surface area contributed by atoms with Crippen molar-refractivity contribution in [2.75, 3.05) is 7.11 Å². The molecule has 4 nitrogen and oxygen atoms in total. The highest BCUT2D eigenvalue weighted by Crippen LogP contribution is 2.22. The van der Waals surface area contributed by atoms with E-state index in [0.29, 0.717) is 11.1 Å². The van der Waals surface area contributed by atoms with E-state index in [1.165, 1.54) is 25.3 Å². The molecule has 0 unspecified atom stereocenters. The number of nitrogens with zero attached hydrogens (tertiary/aromatic N) is 1. The fourth-order valence-electron chi connectivity index (χ4n) is 2.04. The average Bonchev–Trinajstić information content (AvgIpc) is 2.89. The molecule has 3 rings (SSSR count). The summed E-state index contributed by atoms with van der Waals surface area (Å²) in [7, 11) is 1.39. The summed E-state index contributed by atoms with van der Waals surface area (Å²) in [5.41, 5.74) is 1.34. The third-order valence-corrected chi connectivity index (χ3v) is 3.12. The number of aliphatic imine (C=N–C) groups is 1. The van der Waals surface area contributed by atoms with Crippen molar-refractivity contribution in [3.05, 3.63) is 71.2 Å². The first-order chi connectivity index (χ1) is 10.7. The van der Waals surface area contributed by atoms with Gasteiger partial charge in [-0.1, -0.05) is 24.3 Å². The Morgan fingerprint density at radius 1 is 1.18 bits per heavy atom. The normalized spacial score (nSPS) is 15.6. The first kappa shape index (κ1) is 14.0. The van der Waals surface area contributed by atoms with Crippen LogP contribution in [0.25, 0.3) is 6.08 Å². The standard InChI is InChI=1S/C17H12FNO3/c1-21-15-8-7-11(9-13(15)18)10-14-17(20)22-16(19-14)12-5-3-2-4-6-12/h2-10H,1H3. The van der Waals surface area contributed by atoms with Crippen molar-refractivity contribution >= 4 is 17.9 Å². The summed E-state index contributed by atoms with van der Waals surface area (Å²) >= 11 is 0. The summed E-state index contributed by atoms with van der Waals surface area (Å²) in [6.07, 6.45) is 1.47. The molecular formula is C17H12FNO3. The molecule has 2 aromatic carbocycles. The molecule has 0 bridgehead atoms. The zero-order valence-electron chi connectivity index (χ0n) is 11.7. The maximum atomic E-state index is 13.7. The Bertz CT molecular complexity index is 782. The number of hydrogen-bond donors (Lipinski definition) is 0. The fraction of sp³-hybridized carbons (Fsp3) is 0.0588. The van der Waals surface area contributed by atoms with E-state index in [4.69, 9.17) is 9.47 Å². The number of esters is 1. The molecule has 22 heavy (non-hydrogen) atoms. The first-order valence-corrected chi connectivity index (χ1v) is 6.59. The Hall–Kier alpha value is -2.95. The number of carbonyl (C=O) groups excluding carboxylic acids is 1. The lowest BCUT2D eigenvalue weighted by atomic mass is 10.2. The van der Waals surface area contributed by atoms with E-state index in [9.17, 15) is 9.18 Å². The zero-order chi connectivity index (χ0) is 15.5. The minimum absolute atomic E-state index is 0.128. The largest absolute Gasteiger partial charge is 0.494 e. The number of cyclic esters (lactones) is 1. The predicted molar refractivity (Wildman–Crippen MR) is 80.0 cm³/mol. The topological polar surface area (TPSA) is 47.9 Å². The molecule has 0 spiro atoms. The van der Waals surface area contributed by atoms with Gasteiger partial charge in [0, 0.05) is 5.56 Å². The molecule has 5 heteroatoms. The van der Waals surface area contributed by atoms with Gasteiger partial charge in [0.05, 0.1) is 7.11 Å². The molecule has 110 valence electrons. The van der Waals surface area contributed by atoms with Crippen LogP contribution >= 0.6 is 0 Å². The maximum Gasteiger partial charge on any atom is 0.363 e. The Morgan fingerprint density at radius 3 is 2.64 bits per heavy atom. The molecule has 0 saturated heterocycles. The zero-order valence-corrected chi connectivity index (χ0v) is 11.7. The molecule has 0 atom stereocenters. The number of hydrogen-bond acceptors (Lipinski definition) is 4. The second-order valence-electron chi connectivity index (χ2n) is 4.60. The fourth-order valence-corrected chi connectivity index (χ4v) is 2.04.